The zero-order valence-electron chi connectivity index (χ0n) is 24.7. The van der Waals surface area contributed by atoms with Gasteiger partial charge in [0, 0.05) is 55.2 Å². The molecule has 0 bridgehead atoms. The van der Waals surface area contributed by atoms with Gasteiger partial charge in [0.2, 0.25) is 5.91 Å². The van der Waals surface area contributed by atoms with E-state index >= 15 is 0 Å². The van der Waals surface area contributed by atoms with E-state index in [1.54, 1.807) is 11.0 Å². The van der Waals surface area contributed by atoms with Crippen LogP contribution in [0.15, 0.2) is 36.4 Å². The van der Waals surface area contributed by atoms with Gasteiger partial charge in [-0.1, -0.05) is 55.9 Å². The summed E-state index contributed by atoms with van der Waals surface area (Å²) >= 11 is 0. The molecule has 1 aliphatic carbocycles. The third kappa shape index (κ3) is 6.91. The van der Waals surface area contributed by atoms with E-state index in [0.717, 1.165) is 29.8 Å². The Bertz CT molecular complexity index is 1290. The molecule has 9 nitrogen and oxygen atoms in total. The van der Waals surface area contributed by atoms with Gasteiger partial charge in [-0.2, -0.15) is 0 Å². The van der Waals surface area contributed by atoms with Gasteiger partial charge in [0.1, 0.15) is 7.85 Å². The minimum atomic E-state index is -0.340. The molecule has 3 aliphatic rings. The number of piperidine rings is 1. The van der Waals surface area contributed by atoms with E-state index in [4.69, 9.17) is 13.6 Å². The number of nitrogens with one attached hydrogen (secondary N) is 2. The van der Waals surface area contributed by atoms with Crippen molar-refractivity contribution in [1.82, 2.24) is 20.0 Å². The number of carbonyl (C=O) groups excluding carboxylic acids is 3. The van der Waals surface area contributed by atoms with Gasteiger partial charge in [-0.25, -0.2) is 4.79 Å². The molecule has 2 radical (unpaired) electrons. The maximum absolute atomic E-state index is 13.1. The van der Waals surface area contributed by atoms with Gasteiger partial charge in [0.05, 0.1) is 6.54 Å². The van der Waals surface area contributed by atoms with Gasteiger partial charge in [0.15, 0.2) is 0 Å². The lowest BCUT2D eigenvalue weighted by Gasteiger charge is -2.38. The number of carbonyl (C=O) groups is 3. The Labute approximate surface area is 250 Å². The van der Waals surface area contributed by atoms with Crippen LogP contribution in [0.5, 0.6) is 0 Å². The summed E-state index contributed by atoms with van der Waals surface area (Å²) in [5, 5.41) is 5.82. The van der Waals surface area contributed by atoms with Crippen molar-refractivity contribution in [1.29, 1.82) is 0 Å². The molecule has 0 aromatic heterocycles. The van der Waals surface area contributed by atoms with Gasteiger partial charge in [-0.05, 0) is 61.9 Å². The first kappa shape index (κ1) is 29.9. The van der Waals surface area contributed by atoms with Gasteiger partial charge < -0.3 is 26.2 Å². The number of fused-ring (bicyclic) bond motifs is 1. The van der Waals surface area contributed by atoms with E-state index in [1.165, 1.54) is 32.1 Å². The quantitative estimate of drug-likeness (QED) is 0.334. The molecule has 222 valence electrons. The second kappa shape index (κ2) is 13.6. The maximum Gasteiger partial charge on any atom is 0.322 e. The number of para-hydroxylation sites is 1. The molecule has 2 heterocycles. The van der Waals surface area contributed by atoms with Crippen LogP contribution in [0.1, 0.15) is 73.4 Å². The van der Waals surface area contributed by atoms with E-state index in [9.17, 15) is 14.4 Å². The van der Waals surface area contributed by atoms with E-state index in [2.05, 4.69) is 22.5 Å². The zero-order chi connectivity index (χ0) is 29.6. The predicted molar refractivity (Wildman–Crippen MR) is 167 cm³/mol. The highest BCUT2D eigenvalue weighted by Crippen LogP contribution is 2.26. The number of rotatable bonds is 8. The van der Waals surface area contributed by atoms with E-state index in [1.807, 2.05) is 35.2 Å². The number of likely N-dealkylation sites (tertiary alicyclic amines) is 1. The van der Waals surface area contributed by atoms with Crippen LogP contribution in [0.3, 0.4) is 0 Å². The van der Waals surface area contributed by atoms with Crippen molar-refractivity contribution in [3.05, 3.63) is 53.1 Å². The third-order valence-corrected chi connectivity index (χ3v) is 9.23. The van der Waals surface area contributed by atoms with Crippen molar-refractivity contribution in [3.8, 4) is 0 Å². The Morgan fingerprint density at radius 1 is 1.07 bits per heavy atom. The van der Waals surface area contributed by atoms with E-state index in [0.29, 0.717) is 61.8 Å². The molecule has 10 heteroatoms. The molecule has 1 saturated carbocycles. The number of hydrogen-bond donors (Lipinski definition) is 3. The van der Waals surface area contributed by atoms with Crippen molar-refractivity contribution in [2.24, 2.45) is 0 Å². The van der Waals surface area contributed by atoms with Crippen molar-refractivity contribution in [2.75, 3.05) is 43.8 Å². The molecule has 2 fully saturated rings. The normalized spacial score (nSPS) is 18.4. The molecule has 0 unspecified atom stereocenters. The average molecular weight is 571 g/mol. The fraction of sp³-hybridized carbons (Fsp3) is 0.531. The lowest BCUT2D eigenvalue weighted by atomic mass is 9.88. The predicted octanol–water partition coefficient (Wildman–Crippen LogP) is 3.03. The van der Waals surface area contributed by atoms with E-state index in [-0.39, 0.29) is 30.4 Å². The van der Waals surface area contributed by atoms with E-state index < -0.39 is 0 Å². The largest absolute Gasteiger partial charge is 0.399 e. The molecule has 2 aliphatic heterocycles. The van der Waals surface area contributed by atoms with Crippen LogP contribution in [0, 0.1) is 0 Å². The van der Waals surface area contributed by atoms with Gasteiger partial charge in [-0.3, -0.25) is 14.5 Å². The zero-order valence-corrected chi connectivity index (χ0v) is 24.7. The highest BCUT2D eigenvalue weighted by Gasteiger charge is 2.31. The fourth-order valence-electron chi connectivity index (χ4n) is 6.70. The van der Waals surface area contributed by atoms with Gasteiger partial charge in [-0.15, -0.1) is 0 Å². The molecule has 4 amide bonds. The summed E-state index contributed by atoms with van der Waals surface area (Å²) in [6, 6.07) is 11.8. The van der Waals surface area contributed by atoms with Crippen molar-refractivity contribution < 1.29 is 14.4 Å². The summed E-state index contributed by atoms with van der Waals surface area (Å²) in [6.45, 7) is 5.36. The molecular formula is C32H43BN6O3. The number of nitrogens with two attached hydrogens (primary N) is 1. The van der Waals surface area contributed by atoms with Crippen LogP contribution in [-0.4, -0.2) is 85.2 Å². The number of anilines is 2. The summed E-state index contributed by atoms with van der Waals surface area (Å²) in [7, 11) is 6.22. The lowest BCUT2D eigenvalue weighted by molar-refractivity contribution is -0.131. The first-order chi connectivity index (χ1) is 20.3. The number of hydrogen-bond acceptors (Lipinski definition) is 5. The number of benzene rings is 2. The Balaban J connectivity index is 1.13. The third-order valence-electron chi connectivity index (χ3n) is 9.23. The van der Waals surface area contributed by atoms with Crippen LogP contribution in [-0.2, 0) is 17.8 Å². The van der Waals surface area contributed by atoms with Crippen LogP contribution >= 0.6 is 0 Å². The minimum absolute atomic E-state index is 0.0745. The van der Waals surface area contributed by atoms with Crippen LogP contribution in [0.4, 0.5) is 16.2 Å². The Morgan fingerprint density at radius 2 is 1.81 bits per heavy atom. The fourth-order valence-corrected chi connectivity index (χ4v) is 6.70. The Hall–Kier alpha value is -3.53. The molecule has 2 aromatic carbocycles. The highest BCUT2D eigenvalue weighted by molar-refractivity contribution is 6.36. The number of nitrogen functional groups attached to an aromatic ring is 1. The Kier molecular flexibility index (Phi) is 9.72. The van der Waals surface area contributed by atoms with Crippen molar-refractivity contribution >= 4 is 42.5 Å². The van der Waals surface area contributed by atoms with Gasteiger partial charge >= 0.3 is 6.03 Å². The highest BCUT2D eigenvalue weighted by atomic mass is 16.2. The first-order valence-corrected chi connectivity index (χ1v) is 15.5. The first-order valence-electron chi connectivity index (χ1n) is 15.5. The molecule has 1 saturated heterocycles. The smallest absolute Gasteiger partial charge is 0.322 e. The van der Waals surface area contributed by atoms with Crippen LogP contribution in [0.25, 0.3) is 0 Å². The molecule has 5 rings (SSSR count). The van der Waals surface area contributed by atoms with Gasteiger partial charge in [0.25, 0.3) is 5.91 Å². The molecule has 42 heavy (non-hydrogen) atoms. The summed E-state index contributed by atoms with van der Waals surface area (Å²) in [6.07, 6.45) is 8.36. The molecular weight excluding hydrogens is 527 g/mol. The van der Waals surface area contributed by atoms with Crippen molar-refractivity contribution in [3.63, 3.8) is 0 Å². The SMILES string of the molecule is [B]c1cc(C(=O)NCC(=O)N2CCC(N3CCc4ccccc4NC3=O)CC2)cc(CN(CC)C2CCCCC2)c1N. The maximum atomic E-state index is 13.1. The molecule has 2 aromatic rings. The summed E-state index contributed by atoms with van der Waals surface area (Å²) in [5.41, 5.74) is 10.5. The van der Waals surface area contributed by atoms with Crippen molar-refractivity contribution in [2.45, 2.75) is 76.9 Å². The Morgan fingerprint density at radius 3 is 2.55 bits per heavy atom. The molecule has 4 N–H and O–H groups in total. The van der Waals surface area contributed by atoms with Crippen LogP contribution in [0.2, 0.25) is 0 Å². The second-order valence-corrected chi connectivity index (χ2v) is 11.8. The standard InChI is InChI=1S/C32H43BN6O3/c1-2-37(25-9-4-3-5-10-25)21-24-18-23(19-27(33)30(24)34)31(41)35-20-29(40)38-15-13-26(14-16-38)39-17-12-22-8-6-7-11-28(22)36-32(39)42/h6-8,11,18-19,25-26H,2-5,9-10,12-17,20-21,34H2,1H3,(H,35,41)(H,36,42). The summed E-state index contributed by atoms with van der Waals surface area (Å²) in [4.78, 5) is 45.1. The summed E-state index contributed by atoms with van der Waals surface area (Å²) < 4.78 is 0. The number of amides is 4. The number of urea groups is 1. The topological polar surface area (TPSA) is 111 Å². The summed E-state index contributed by atoms with van der Waals surface area (Å²) in [5.74, 6) is -0.472. The average Bonchev–Trinajstić information content (AvgIpc) is 3.18. The van der Waals surface area contributed by atoms with Crippen LogP contribution < -0.4 is 21.8 Å². The lowest BCUT2D eigenvalue weighted by Crippen LogP contribution is -2.51. The minimum Gasteiger partial charge on any atom is -0.399 e. The second-order valence-electron chi connectivity index (χ2n) is 11.8. The molecule has 0 atom stereocenters. The monoisotopic (exact) mass is 570 g/mol. The molecule has 0 spiro atoms. The number of nitrogens with zero attached hydrogens (tertiary/aromatic N) is 3.